The molecule has 1 N–H and O–H groups in total. The first-order valence-corrected chi connectivity index (χ1v) is 7.63. The van der Waals surface area contributed by atoms with E-state index in [2.05, 4.69) is 40.6 Å². The highest BCUT2D eigenvalue weighted by Crippen LogP contribution is 2.23. The van der Waals surface area contributed by atoms with Crippen molar-refractivity contribution in [3.8, 4) is 0 Å². The molecule has 0 bridgehead atoms. The van der Waals surface area contributed by atoms with Gasteiger partial charge in [-0.05, 0) is 42.4 Å². The van der Waals surface area contributed by atoms with Gasteiger partial charge in [0.1, 0.15) is 0 Å². The molecule has 3 rings (SSSR count). The topological polar surface area (TPSA) is 15.3 Å². The van der Waals surface area contributed by atoms with Gasteiger partial charge in [0.15, 0.2) is 0 Å². The molecule has 1 aromatic rings. The number of nitrogens with zero attached hydrogens (tertiary/aromatic N) is 1. The molecule has 0 radical (unpaired) electrons. The molecule has 1 heterocycles. The first kappa shape index (κ1) is 12.9. The number of hydrogen-bond donors (Lipinski definition) is 1. The molecule has 19 heavy (non-hydrogen) atoms. The van der Waals surface area contributed by atoms with Crippen LogP contribution in [0.1, 0.15) is 29.5 Å². The van der Waals surface area contributed by atoms with Crippen LogP contribution < -0.4 is 5.32 Å². The van der Waals surface area contributed by atoms with Crippen molar-refractivity contribution in [3.05, 3.63) is 41.0 Å². The van der Waals surface area contributed by atoms with Gasteiger partial charge >= 0.3 is 0 Å². The van der Waals surface area contributed by atoms with E-state index in [1.165, 1.54) is 44.5 Å². The second kappa shape index (κ2) is 6.36. The minimum Gasteiger partial charge on any atom is -0.314 e. The first-order chi connectivity index (χ1) is 9.42. The zero-order valence-corrected chi connectivity index (χ0v) is 11.7. The summed E-state index contributed by atoms with van der Waals surface area (Å²) in [6, 6.07) is 6.97. The van der Waals surface area contributed by atoms with E-state index in [4.69, 9.17) is 0 Å². The van der Waals surface area contributed by atoms with Gasteiger partial charge < -0.3 is 10.2 Å². The average Bonchev–Trinajstić information content (AvgIpc) is 2.92. The fourth-order valence-corrected chi connectivity index (χ4v) is 3.11. The number of hydrogen-bond acceptors (Lipinski definition) is 2. The Labute approximate surface area is 116 Å². The van der Waals surface area contributed by atoms with Gasteiger partial charge in [-0.3, -0.25) is 0 Å². The van der Waals surface area contributed by atoms with Crippen LogP contribution in [-0.4, -0.2) is 37.6 Å². The third kappa shape index (κ3) is 3.46. The first-order valence-electron chi connectivity index (χ1n) is 7.63. The van der Waals surface area contributed by atoms with E-state index in [0.717, 1.165) is 19.5 Å². The van der Waals surface area contributed by atoms with Crippen molar-refractivity contribution in [1.29, 1.82) is 0 Å². The van der Waals surface area contributed by atoms with E-state index >= 15 is 0 Å². The fourth-order valence-electron chi connectivity index (χ4n) is 3.11. The Balaban J connectivity index is 1.49. The number of nitrogens with one attached hydrogen (secondary N) is 1. The molecule has 0 unspecified atom stereocenters. The second-order valence-electron chi connectivity index (χ2n) is 5.66. The lowest BCUT2D eigenvalue weighted by Gasteiger charge is -2.26. The summed E-state index contributed by atoms with van der Waals surface area (Å²) in [5.41, 5.74) is 4.52. The Bertz CT molecular complexity index is 445. The normalized spacial score (nSPS) is 20.0. The lowest BCUT2D eigenvalue weighted by molar-refractivity contribution is 0.245. The Morgan fingerprint density at radius 1 is 1.11 bits per heavy atom. The van der Waals surface area contributed by atoms with Gasteiger partial charge in [-0.2, -0.15) is 0 Å². The maximum atomic E-state index is 3.40. The molecule has 2 nitrogen and oxygen atoms in total. The summed E-state index contributed by atoms with van der Waals surface area (Å²) in [7, 11) is 0. The number of aryl methyl sites for hydroxylation is 2. The van der Waals surface area contributed by atoms with Gasteiger partial charge in [-0.15, -0.1) is 0 Å². The van der Waals surface area contributed by atoms with Crippen LogP contribution in [0.3, 0.4) is 0 Å². The largest absolute Gasteiger partial charge is 0.314 e. The molecule has 1 aliphatic carbocycles. The monoisotopic (exact) mass is 256 g/mol. The van der Waals surface area contributed by atoms with E-state index < -0.39 is 0 Å². The number of fused-ring (bicyclic) bond motifs is 1. The zero-order valence-electron chi connectivity index (χ0n) is 11.7. The highest BCUT2D eigenvalue weighted by atomic mass is 15.2. The minimum absolute atomic E-state index is 1.15. The van der Waals surface area contributed by atoms with Crippen molar-refractivity contribution in [2.24, 2.45) is 0 Å². The molecule has 2 aliphatic rings. The molecule has 0 atom stereocenters. The fraction of sp³-hybridized carbons (Fsp3) is 0.529. The van der Waals surface area contributed by atoms with Gasteiger partial charge in [0.2, 0.25) is 0 Å². The van der Waals surface area contributed by atoms with Crippen molar-refractivity contribution in [3.63, 3.8) is 0 Å². The summed E-state index contributed by atoms with van der Waals surface area (Å²) in [6.07, 6.45) is 9.68. The molecule has 0 amide bonds. The lowest BCUT2D eigenvalue weighted by atomic mass is 10.1. The summed E-state index contributed by atoms with van der Waals surface area (Å²) in [5.74, 6) is 0. The Kier molecular flexibility index (Phi) is 4.31. The molecular weight excluding hydrogens is 232 g/mol. The van der Waals surface area contributed by atoms with Crippen LogP contribution in [0.25, 0.3) is 6.08 Å². The Morgan fingerprint density at radius 3 is 2.84 bits per heavy atom. The SMILES string of the molecule is C(=C\c1ccc2c(c1)CCC2)/CCN1CCNCC1. The summed E-state index contributed by atoms with van der Waals surface area (Å²) in [4.78, 5) is 2.55. The molecule has 0 saturated carbocycles. The van der Waals surface area contributed by atoms with Crippen LogP contribution in [0.2, 0.25) is 0 Å². The second-order valence-corrected chi connectivity index (χ2v) is 5.66. The average molecular weight is 256 g/mol. The smallest absolute Gasteiger partial charge is 0.0107 e. The lowest BCUT2D eigenvalue weighted by Crippen LogP contribution is -2.43. The van der Waals surface area contributed by atoms with Crippen molar-refractivity contribution in [2.45, 2.75) is 25.7 Å². The van der Waals surface area contributed by atoms with Gasteiger partial charge in [-0.1, -0.05) is 30.4 Å². The number of benzene rings is 1. The number of piperazine rings is 1. The van der Waals surface area contributed by atoms with Crippen LogP contribution in [0.5, 0.6) is 0 Å². The van der Waals surface area contributed by atoms with Crippen molar-refractivity contribution in [2.75, 3.05) is 32.7 Å². The van der Waals surface area contributed by atoms with Gasteiger partial charge in [0, 0.05) is 32.7 Å². The molecule has 1 aromatic carbocycles. The van der Waals surface area contributed by atoms with Crippen molar-refractivity contribution < 1.29 is 0 Å². The molecule has 1 aliphatic heterocycles. The van der Waals surface area contributed by atoms with Crippen molar-refractivity contribution in [1.82, 2.24) is 10.2 Å². The predicted molar refractivity (Wildman–Crippen MR) is 81.4 cm³/mol. The summed E-state index contributed by atoms with van der Waals surface area (Å²) < 4.78 is 0. The third-order valence-electron chi connectivity index (χ3n) is 4.25. The van der Waals surface area contributed by atoms with Gasteiger partial charge in [-0.25, -0.2) is 0 Å². The third-order valence-corrected chi connectivity index (χ3v) is 4.25. The molecule has 102 valence electrons. The highest BCUT2D eigenvalue weighted by molar-refractivity contribution is 5.52. The maximum Gasteiger partial charge on any atom is 0.0107 e. The van der Waals surface area contributed by atoms with Crippen molar-refractivity contribution >= 4 is 6.08 Å². The standard InChI is InChI=1S/C17H24N2/c1(2-11-19-12-9-18-10-13-19)4-15-7-8-16-5-3-6-17(16)14-15/h1,4,7-8,14,18H,2-3,5-6,9-13H2/b4-1+. The van der Waals surface area contributed by atoms with Crippen LogP contribution >= 0.6 is 0 Å². The van der Waals surface area contributed by atoms with E-state index in [1.807, 2.05) is 0 Å². The summed E-state index contributed by atoms with van der Waals surface area (Å²) in [5, 5.41) is 3.40. The molecule has 0 aromatic heterocycles. The van der Waals surface area contributed by atoms with E-state index in [-0.39, 0.29) is 0 Å². The Morgan fingerprint density at radius 2 is 1.95 bits per heavy atom. The van der Waals surface area contributed by atoms with Crippen LogP contribution in [0.4, 0.5) is 0 Å². The van der Waals surface area contributed by atoms with E-state index in [1.54, 1.807) is 11.1 Å². The molecule has 2 heteroatoms. The van der Waals surface area contributed by atoms with E-state index in [0.29, 0.717) is 0 Å². The quantitative estimate of drug-likeness (QED) is 0.890. The van der Waals surface area contributed by atoms with Crippen LogP contribution in [0, 0.1) is 0 Å². The van der Waals surface area contributed by atoms with E-state index in [9.17, 15) is 0 Å². The summed E-state index contributed by atoms with van der Waals surface area (Å²) >= 11 is 0. The van der Waals surface area contributed by atoms with Gasteiger partial charge in [0.25, 0.3) is 0 Å². The van der Waals surface area contributed by atoms with Crippen LogP contribution in [0.15, 0.2) is 24.3 Å². The maximum absolute atomic E-state index is 3.40. The molecule has 0 spiro atoms. The highest BCUT2D eigenvalue weighted by Gasteiger charge is 2.10. The zero-order chi connectivity index (χ0) is 12.9. The molecular formula is C17H24N2. The minimum atomic E-state index is 1.15. The van der Waals surface area contributed by atoms with Crippen LogP contribution in [-0.2, 0) is 12.8 Å². The number of rotatable bonds is 4. The Hall–Kier alpha value is -1.12. The molecule has 1 saturated heterocycles. The predicted octanol–water partition coefficient (Wildman–Crippen LogP) is 2.48. The van der Waals surface area contributed by atoms with Gasteiger partial charge in [0.05, 0.1) is 0 Å². The summed E-state index contributed by atoms with van der Waals surface area (Å²) in [6.45, 7) is 5.89. The molecule has 1 fully saturated rings.